The second-order valence-corrected chi connectivity index (χ2v) is 9.55. The zero-order valence-electron chi connectivity index (χ0n) is 20.6. The molecular formula is C27H27N5O4S. The maximum Gasteiger partial charge on any atom is 0.262 e. The van der Waals surface area contributed by atoms with Crippen molar-refractivity contribution >= 4 is 45.2 Å². The zero-order chi connectivity index (χ0) is 25.6. The molecule has 0 aliphatic heterocycles. The molecule has 1 aliphatic rings. The van der Waals surface area contributed by atoms with Gasteiger partial charge in [-0.3, -0.25) is 10.2 Å². The number of hydrogen-bond acceptors (Lipinski definition) is 9. The van der Waals surface area contributed by atoms with Crippen molar-refractivity contribution in [3.63, 3.8) is 0 Å². The number of aromatic nitrogens is 2. The summed E-state index contributed by atoms with van der Waals surface area (Å²) in [6, 6.07) is 12.5. The van der Waals surface area contributed by atoms with Crippen LogP contribution in [0.1, 0.15) is 28.8 Å². The maximum atomic E-state index is 12.3. The molecule has 4 aromatic rings. The first kappa shape index (κ1) is 24.5. The van der Waals surface area contributed by atoms with Gasteiger partial charge in [-0.2, -0.15) is 5.10 Å². The molecule has 2 heterocycles. The zero-order valence-corrected chi connectivity index (χ0v) is 21.4. The van der Waals surface area contributed by atoms with Gasteiger partial charge in [0.25, 0.3) is 5.91 Å². The van der Waals surface area contributed by atoms with Gasteiger partial charge in [-0.1, -0.05) is 6.07 Å². The van der Waals surface area contributed by atoms with E-state index in [1.165, 1.54) is 23.3 Å². The Morgan fingerprint density at radius 3 is 2.84 bits per heavy atom. The molecule has 2 N–H and O–H groups in total. The Morgan fingerprint density at radius 1 is 1.08 bits per heavy atom. The minimum absolute atomic E-state index is 0.169. The standard InChI is InChI=1S/C27H27N5O4S/c1-34-19-7-5-6-18(13-19)31-24(33)15-36-21-11-10-17(12-22(21)35-2)14-30-32-26-25-20-8-3-4-9-23(20)37-27(25)29-16-28-26/h5-7,10-14,16H,3-4,8-9,15H2,1-2H3,(H,31,33)(H,28,29,32)/b30-14+. The number of carbonyl (C=O) groups is 1. The molecule has 9 nitrogen and oxygen atoms in total. The lowest BCUT2D eigenvalue weighted by atomic mass is 9.97. The molecule has 0 saturated heterocycles. The van der Waals surface area contributed by atoms with Gasteiger partial charge in [0.15, 0.2) is 23.9 Å². The molecular weight excluding hydrogens is 490 g/mol. The number of nitrogens with one attached hydrogen (secondary N) is 2. The summed E-state index contributed by atoms with van der Waals surface area (Å²) in [7, 11) is 3.13. The predicted octanol–water partition coefficient (Wildman–Crippen LogP) is 5.05. The van der Waals surface area contributed by atoms with Crippen molar-refractivity contribution in [3.8, 4) is 17.2 Å². The second kappa shape index (κ2) is 11.3. The highest BCUT2D eigenvalue weighted by Gasteiger charge is 2.19. The van der Waals surface area contributed by atoms with Crippen LogP contribution in [0.5, 0.6) is 17.2 Å². The molecule has 0 fully saturated rings. The predicted molar refractivity (Wildman–Crippen MR) is 145 cm³/mol. The molecule has 0 saturated carbocycles. The number of rotatable bonds is 9. The van der Waals surface area contributed by atoms with Gasteiger partial charge in [-0.15, -0.1) is 11.3 Å². The lowest BCUT2D eigenvalue weighted by Crippen LogP contribution is -2.20. The summed E-state index contributed by atoms with van der Waals surface area (Å²) in [5, 5.41) is 8.26. The quantitative estimate of drug-likeness (QED) is 0.236. The summed E-state index contributed by atoms with van der Waals surface area (Å²) in [6.07, 6.45) is 7.83. The van der Waals surface area contributed by atoms with Gasteiger partial charge in [0, 0.05) is 16.6 Å². The molecule has 2 aromatic heterocycles. The average molecular weight is 518 g/mol. The number of anilines is 2. The maximum absolute atomic E-state index is 12.3. The van der Waals surface area contributed by atoms with E-state index in [0.29, 0.717) is 22.9 Å². The van der Waals surface area contributed by atoms with E-state index in [1.54, 1.807) is 74.5 Å². The first-order valence-electron chi connectivity index (χ1n) is 11.9. The smallest absolute Gasteiger partial charge is 0.262 e. The Balaban J connectivity index is 1.23. The fourth-order valence-corrected chi connectivity index (χ4v) is 5.50. The first-order chi connectivity index (χ1) is 18.1. The summed E-state index contributed by atoms with van der Waals surface area (Å²) in [6.45, 7) is -0.169. The van der Waals surface area contributed by atoms with Gasteiger partial charge in [0.2, 0.25) is 0 Å². The van der Waals surface area contributed by atoms with E-state index in [0.717, 1.165) is 34.4 Å². The van der Waals surface area contributed by atoms with Crippen molar-refractivity contribution in [2.24, 2.45) is 5.10 Å². The first-order valence-corrected chi connectivity index (χ1v) is 12.8. The average Bonchev–Trinajstić information content (AvgIpc) is 3.32. The van der Waals surface area contributed by atoms with Gasteiger partial charge in [-0.25, -0.2) is 9.97 Å². The molecule has 0 bridgehead atoms. The van der Waals surface area contributed by atoms with Crippen LogP contribution in [0.3, 0.4) is 0 Å². The highest BCUT2D eigenvalue weighted by atomic mass is 32.1. The summed E-state index contributed by atoms with van der Waals surface area (Å²) >= 11 is 1.75. The number of ether oxygens (including phenoxy) is 3. The van der Waals surface area contributed by atoms with Crippen molar-refractivity contribution in [1.82, 2.24) is 9.97 Å². The minimum Gasteiger partial charge on any atom is -0.497 e. The van der Waals surface area contributed by atoms with Crippen molar-refractivity contribution < 1.29 is 19.0 Å². The lowest BCUT2D eigenvalue weighted by Gasteiger charge is -2.12. The van der Waals surface area contributed by atoms with Crippen LogP contribution in [-0.4, -0.2) is 42.9 Å². The molecule has 1 aliphatic carbocycles. The molecule has 0 spiro atoms. The van der Waals surface area contributed by atoms with Crippen LogP contribution in [0.4, 0.5) is 11.5 Å². The molecule has 0 radical (unpaired) electrons. The number of methoxy groups -OCH3 is 2. The van der Waals surface area contributed by atoms with Crippen molar-refractivity contribution in [1.29, 1.82) is 0 Å². The summed E-state index contributed by atoms with van der Waals surface area (Å²) in [5.41, 5.74) is 5.87. The van der Waals surface area contributed by atoms with Gasteiger partial charge >= 0.3 is 0 Å². The van der Waals surface area contributed by atoms with Crippen molar-refractivity contribution in [2.75, 3.05) is 31.6 Å². The van der Waals surface area contributed by atoms with Crippen LogP contribution in [0.15, 0.2) is 53.9 Å². The molecule has 0 unspecified atom stereocenters. The molecule has 1 amide bonds. The molecule has 5 rings (SSSR count). The summed E-state index contributed by atoms with van der Waals surface area (Å²) in [5.74, 6) is 2.03. The van der Waals surface area contributed by atoms with Crippen molar-refractivity contribution in [3.05, 3.63) is 64.8 Å². The lowest BCUT2D eigenvalue weighted by molar-refractivity contribution is -0.118. The van der Waals surface area contributed by atoms with Crippen LogP contribution in [0.2, 0.25) is 0 Å². The number of benzene rings is 2. The summed E-state index contributed by atoms with van der Waals surface area (Å²) < 4.78 is 16.3. The molecule has 190 valence electrons. The Morgan fingerprint density at radius 2 is 1.97 bits per heavy atom. The van der Waals surface area contributed by atoms with Crippen LogP contribution in [0.25, 0.3) is 10.2 Å². The Labute approximate surface area is 218 Å². The van der Waals surface area contributed by atoms with E-state index < -0.39 is 0 Å². The number of nitrogens with zero attached hydrogens (tertiary/aromatic N) is 3. The van der Waals surface area contributed by atoms with E-state index in [1.807, 2.05) is 6.07 Å². The third-order valence-corrected chi connectivity index (χ3v) is 7.24. The van der Waals surface area contributed by atoms with Crippen LogP contribution >= 0.6 is 11.3 Å². The van der Waals surface area contributed by atoms with Crippen LogP contribution in [-0.2, 0) is 17.6 Å². The number of carbonyl (C=O) groups excluding carboxylic acids is 1. The molecule has 37 heavy (non-hydrogen) atoms. The molecule has 10 heteroatoms. The number of hydrogen-bond donors (Lipinski definition) is 2. The van der Waals surface area contributed by atoms with Crippen LogP contribution in [0, 0.1) is 0 Å². The molecule has 2 aromatic carbocycles. The Hall–Kier alpha value is -4.18. The van der Waals surface area contributed by atoms with E-state index in [-0.39, 0.29) is 12.5 Å². The van der Waals surface area contributed by atoms with Gasteiger partial charge in [-0.05, 0) is 67.1 Å². The monoisotopic (exact) mass is 517 g/mol. The van der Waals surface area contributed by atoms with Gasteiger partial charge in [0.05, 0.1) is 25.8 Å². The number of amides is 1. The van der Waals surface area contributed by atoms with E-state index >= 15 is 0 Å². The topological polar surface area (TPSA) is 107 Å². The number of fused-ring (bicyclic) bond motifs is 3. The summed E-state index contributed by atoms with van der Waals surface area (Å²) in [4.78, 5) is 23.6. The Bertz CT molecular complexity index is 1450. The SMILES string of the molecule is COc1cccc(NC(=O)COc2ccc(/C=N/Nc3ncnc4sc5c(c34)CCCC5)cc2OC)c1. The van der Waals surface area contributed by atoms with Gasteiger partial charge < -0.3 is 19.5 Å². The largest absolute Gasteiger partial charge is 0.497 e. The normalized spacial score (nSPS) is 12.8. The van der Waals surface area contributed by atoms with E-state index in [9.17, 15) is 4.79 Å². The fourth-order valence-electron chi connectivity index (χ4n) is 4.27. The number of thiophene rings is 1. The highest BCUT2D eigenvalue weighted by Crippen LogP contribution is 2.38. The number of aryl methyl sites for hydroxylation is 2. The van der Waals surface area contributed by atoms with E-state index in [4.69, 9.17) is 14.2 Å². The molecule has 0 atom stereocenters. The highest BCUT2D eigenvalue weighted by molar-refractivity contribution is 7.19. The fraction of sp³-hybridized carbons (Fsp3) is 0.259. The second-order valence-electron chi connectivity index (χ2n) is 8.46. The van der Waals surface area contributed by atoms with Crippen LogP contribution < -0.4 is 25.0 Å². The third-order valence-electron chi connectivity index (χ3n) is 6.04. The van der Waals surface area contributed by atoms with Crippen molar-refractivity contribution in [2.45, 2.75) is 25.7 Å². The number of hydrazone groups is 1. The Kier molecular flexibility index (Phi) is 7.46. The third kappa shape index (κ3) is 5.64. The minimum atomic E-state index is -0.295. The van der Waals surface area contributed by atoms with E-state index in [2.05, 4.69) is 25.8 Å². The van der Waals surface area contributed by atoms with Gasteiger partial charge in [0.1, 0.15) is 16.9 Å².